The van der Waals surface area contributed by atoms with Crippen LogP contribution < -0.4 is 10.6 Å². The zero-order valence-corrected chi connectivity index (χ0v) is 14.4. The second kappa shape index (κ2) is 10.8. The van der Waals surface area contributed by atoms with Crippen LogP contribution in [0.5, 0.6) is 0 Å². The number of guanidine groups is 1. The Kier molecular flexibility index (Phi) is 10.8. The molecule has 0 saturated heterocycles. The molecular formula is C13H29IN4. The minimum Gasteiger partial charge on any atom is -0.356 e. The maximum Gasteiger partial charge on any atom is 0.191 e. The highest BCUT2D eigenvalue weighted by Crippen LogP contribution is 2.27. The van der Waals surface area contributed by atoms with E-state index in [0.29, 0.717) is 0 Å². The number of aliphatic imine (C=N–C) groups is 1. The van der Waals surface area contributed by atoms with Gasteiger partial charge in [-0.15, -0.1) is 24.0 Å². The zero-order chi connectivity index (χ0) is 12.5. The molecule has 0 amide bonds. The Hall–Kier alpha value is -0.0400. The number of hydrogen-bond donors (Lipinski definition) is 2. The van der Waals surface area contributed by atoms with Crippen LogP contribution in [-0.4, -0.2) is 50.6 Å². The van der Waals surface area contributed by atoms with Crippen LogP contribution in [0.1, 0.15) is 33.1 Å². The van der Waals surface area contributed by atoms with Crippen molar-refractivity contribution in [1.29, 1.82) is 0 Å². The number of nitrogens with zero attached hydrogens (tertiary/aromatic N) is 2. The van der Waals surface area contributed by atoms with Gasteiger partial charge in [-0.25, -0.2) is 0 Å². The van der Waals surface area contributed by atoms with Crippen LogP contribution in [0.25, 0.3) is 0 Å². The molecule has 0 heterocycles. The van der Waals surface area contributed by atoms with Crippen molar-refractivity contribution < 1.29 is 0 Å². The van der Waals surface area contributed by atoms with Crippen molar-refractivity contribution in [3.05, 3.63) is 0 Å². The normalized spacial score (nSPS) is 15.4. The summed E-state index contributed by atoms with van der Waals surface area (Å²) in [5.74, 6) is 1.84. The monoisotopic (exact) mass is 368 g/mol. The minimum absolute atomic E-state index is 0. The first-order valence-corrected chi connectivity index (χ1v) is 6.97. The Morgan fingerprint density at radius 3 is 2.44 bits per heavy atom. The molecule has 0 aromatic rings. The van der Waals surface area contributed by atoms with Crippen molar-refractivity contribution in [3.8, 4) is 0 Å². The average Bonchev–Trinajstić information content (AvgIpc) is 3.16. The lowest BCUT2D eigenvalue weighted by Gasteiger charge is -2.20. The van der Waals surface area contributed by atoms with Gasteiger partial charge in [-0.05, 0) is 38.3 Å². The van der Waals surface area contributed by atoms with Gasteiger partial charge < -0.3 is 15.5 Å². The quantitative estimate of drug-likeness (QED) is 0.391. The van der Waals surface area contributed by atoms with Crippen molar-refractivity contribution in [2.75, 3.05) is 39.8 Å². The molecule has 1 aliphatic carbocycles. The third-order valence-corrected chi connectivity index (χ3v) is 3.19. The lowest BCUT2D eigenvalue weighted by molar-refractivity contribution is 0.293. The summed E-state index contributed by atoms with van der Waals surface area (Å²) in [5.41, 5.74) is 0. The fourth-order valence-corrected chi connectivity index (χ4v) is 1.86. The molecule has 0 aliphatic heterocycles. The molecule has 1 saturated carbocycles. The smallest absolute Gasteiger partial charge is 0.191 e. The third-order valence-electron chi connectivity index (χ3n) is 3.19. The molecule has 0 bridgehead atoms. The fourth-order valence-electron chi connectivity index (χ4n) is 1.86. The van der Waals surface area contributed by atoms with Gasteiger partial charge in [0.2, 0.25) is 0 Å². The molecule has 4 nitrogen and oxygen atoms in total. The summed E-state index contributed by atoms with van der Waals surface area (Å²) >= 11 is 0. The molecule has 1 fully saturated rings. The number of likely N-dealkylation sites (N-methyl/N-ethyl adjacent to an activating group) is 1. The number of halogens is 1. The highest BCUT2D eigenvalue weighted by atomic mass is 127. The van der Waals surface area contributed by atoms with Gasteiger partial charge in [0.1, 0.15) is 0 Å². The molecule has 0 spiro atoms. The van der Waals surface area contributed by atoms with E-state index in [4.69, 9.17) is 0 Å². The van der Waals surface area contributed by atoms with Crippen molar-refractivity contribution >= 4 is 29.9 Å². The minimum atomic E-state index is 0. The van der Waals surface area contributed by atoms with E-state index in [1.165, 1.54) is 25.8 Å². The highest BCUT2D eigenvalue weighted by molar-refractivity contribution is 14.0. The molecule has 0 radical (unpaired) electrons. The SMILES string of the molecule is CCCN(CC)CCNC(=NC)NCC1CC1.I. The van der Waals surface area contributed by atoms with Crippen LogP contribution in [-0.2, 0) is 0 Å². The highest BCUT2D eigenvalue weighted by Gasteiger charge is 2.20. The second-order valence-electron chi connectivity index (χ2n) is 4.76. The fraction of sp³-hybridized carbons (Fsp3) is 0.923. The van der Waals surface area contributed by atoms with Crippen molar-refractivity contribution in [2.24, 2.45) is 10.9 Å². The first-order valence-electron chi connectivity index (χ1n) is 6.97. The molecular weight excluding hydrogens is 339 g/mol. The predicted molar refractivity (Wildman–Crippen MR) is 89.9 cm³/mol. The van der Waals surface area contributed by atoms with E-state index in [1.807, 2.05) is 7.05 Å². The number of nitrogens with one attached hydrogen (secondary N) is 2. The Labute approximate surface area is 129 Å². The van der Waals surface area contributed by atoms with Crippen molar-refractivity contribution in [2.45, 2.75) is 33.1 Å². The summed E-state index contributed by atoms with van der Waals surface area (Å²) in [4.78, 5) is 6.69. The van der Waals surface area contributed by atoms with E-state index in [1.54, 1.807) is 0 Å². The maximum atomic E-state index is 4.23. The first-order chi connectivity index (χ1) is 8.30. The Morgan fingerprint density at radius 2 is 1.94 bits per heavy atom. The molecule has 108 valence electrons. The van der Waals surface area contributed by atoms with Crippen molar-refractivity contribution in [3.63, 3.8) is 0 Å². The largest absolute Gasteiger partial charge is 0.356 e. The molecule has 0 unspecified atom stereocenters. The molecule has 1 rings (SSSR count). The predicted octanol–water partition coefficient (Wildman–Crippen LogP) is 1.91. The lowest BCUT2D eigenvalue weighted by atomic mass is 10.4. The summed E-state index contributed by atoms with van der Waals surface area (Å²) < 4.78 is 0. The standard InChI is InChI=1S/C13H28N4.HI/c1-4-9-17(5-2)10-8-15-13(14-3)16-11-12-6-7-12;/h12H,4-11H2,1-3H3,(H2,14,15,16);1H. The Bertz CT molecular complexity index is 229. The molecule has 2 N–H and O–H groups in total. The van der Waals surface area contributed by atoms with E-state index >= 15 is 0 Å². The van der Waals surface area contributed by atoms with E-state index in [2.05, 4.69) is 34.4 Å². The third kappa shape index (κ3) is 8.13. The Balaban J connectivity index is 0.00000289. The lowest BCUT2D eigenvalue weighted by Crippen LogP contribution is -2.42. The summed E-state index contributed by atoms with van der Waals surface area (Å²) in [7, 11) is 1.84. The molecule has 0 atom stereocenters. The topological polar surface area (TPSA) is 39.7 Å². The van der Waals surface area contributed by atoms with E-state index in [9.17, 15) is 0 Å². The molecule has 5 heteroatoms. The summed E-state index contributed by atoms with van der Waals surface area (Å²) in [6.07, 6.45) is 3.98. The second-order valence-corrected chi connectivity index (χ2v) is 4.76. The van der Waals surface area contributed by atoms with E-state index < -0.39 is 0 Å². The molecule has 1 aliphatic rings. The van der Waals surface area contributed by atoms with Crippen LogP contribution in [0, 0.1) is 5.92 Å². The van der Waals surface area contributed by atoms with Crippen LogP contribution in [0.15, 0.2) is 4.99 Å². The van der Waals surface area contributed by atoms with Crippen LogP contribution >= 0.6 is 24.0 Å². The number of rotatable bonds is 8. The van der Waals surface area contributed by atoms with Gasteiger partial charge in [-0.2, -0.15) is 0 Å². The van der Waals surface area contributed by atoms with Gasteiger partial charge in [0.05, 0.1) is 0 Å². The maximum absolute atomic E-state index is 4.23. The van der Waals surface area contributed by atoms with Gasteiger partial charge in [0.25, 0.3) is 0 Å². The summed E-state index contributed by atoms with van der Waals surface area (Å²) in [5, 5.41) is 6.75. The average molecular weight is 368 g/mol. The summed E-state index contributed by atoms with van der Waals surface area (Å²) in [6, 6.07) is 0. The van der Waals surface area contributed by atoms with Crippen LogP contribution in [0.4, 0.5) is 0 Å². The first kappa shape index (κ1) is 18.0. The van der Waals surface area contributed by atoms with Crippen LogP contribution in [0.3, 0.4) is 0 Å². The van der Waals surface area contributed by atoms with Gasteiger partial charge in [0, 0.05) is 26.7 Å². The molecule has 0 aromatic heterocycles. The van der Waals surface area contributed by atoms with Crippen LogP contribution in [0.2, 0.25) is 0 Å². The van der Waals surface area contributed by atoms with E-state index in [0.717, 1.165) is 38.1 Å². The number of hydrogen-bond acceptors (Lipinski definition) is 2. The van der Waals surface area contributed by atoms with Gasteiger partial charge >= 0.3 is 0 Å². The van der Waals surface area contributed by atoms with Crippen molar-refractivity contribution in [1.82, 2.24) is 15.5 Å². The van der Waals surface area contributed by atoms with Gasteiger partial charge in [-0.1, -0.05) is 13.8 Å². The van der Waals surface area contributed by atoms with Gasteiger partial charge in [0.15, 0.2) is 5.96 Å². The molecule has 18 heavy (non-hydrogen) atoms. The zero-order valence-electron chi connectivity index (χ0n) is 12.0. The summed E-state index contributed by atoms with van der Waals surface area (Å²) in [6.45, 7) is 9.90. The van der Waals surface area contributed by atoms with E-state index in [-0.39, 0.29) is 24.0 Å². The molecule has 0 aromatic carbocycles. The Morgan fingerprint density at radius 1 is 1.22 bits per heavy atom. The van der Waals surface area contributed by atoms with Gasteiger partial charge in [-0.3, -0.25) is 4.99 Å².